The fourth-order valence-corrected chi connectivity index (χ4v) is 2.15. The molecule has 0 aromatic heterocycles. The fourth-order valence-electron chi connectivity index (χ4n) is 1.79. The van der Waals surface area contributed by atoms with Crippen LogP contribution in [0.4, 0.5) is 4.79 Å². The molecule has 2 unspecified atom stereocenters. The number of carboxylic acid groups (broad SMARTS) is 1. The smallest absolute Gasteiger partial charge is 0.407 e. The average Bonchev–Trinajstić information content (AvgIpc) is 2.42. The van der Waals surface area contributed by atoms with Gasteiger partial charge in [-0.15, -0.1) is 0 Å². The van der Waals surface area contributed by atoms with Crippen LogP contribution in [0.15, 0.2) is 22.7 Å². The van der Waals surface area contributed by atoms with Crippen LogP contribution < -0.4 is 5.32 Å². The molecule has 1 aromatic carbocycles. The molecule has 0 aliphatic rings. The molecule has 4 N–H and O–H groups in total. The molecule has 0 spiro atoms. The van der Waals surface area contributed by atoms with Crippen LogP contribution in [-0.2, 0) is 4.74 Å². The maximum absolute atomic E-state index is 11.5. The van der Waals surface area contributed by atoms with Crippen LogP contribution in [0, 0.1) is 0 Å². The zero-order chi connectivity index (χ0) is 17.8. The Balaban J connectivity index is 2.76. The van der Waals surface area contributed by atoms with E-state index in [0.717, 1.165) is 0 Å². The topological polar surface area (TPSA) is 116 Å². The highest BCUT2D eigenvalue weighted by Gasteiger charge is 2.25. The fraction of sp³-hybridized carbons (Fsp3) is 0.467. The lowest BCUT2D eigenvalue weighted by molar-refractivity contribution is 0.0121. The molecule has 1 rings (SSSR count). The first-order valence-corrected chi connectivity index (χ1v) is 7.66. The van der Waals surface area contributed by atoms with Gasteiger partial charge in [-0.25, -0.2) is 9.59 Å². The third kappa shape index (κ3) is 6.17. The van der Waals surface area contributed by atoms with E-state index in [2.05, 4.69) is 21.2 Å². The normalized spacial score (nSPS) is 14.0. The van der Waals surface area contributed by atoms with E-state index >= 15 is 0 Å². The number of hydrogen-bond donors (Lipinski definition) is 4. The summed E-state index contributed by atoms with van der Waals surface area (Å²) in [5, 5.41) is 31.6. The summed E-state index contributed by atoms with van der Waals surface area (Å²) in [6.45, 7) is 4.79. The Morgan fingerprint density at radius 1 is 1.30 bits per heavy atom. The van der Waals surface area contributed by atoms with Gasteiger partial charge >= 0.3 is 12.1 Å². The second-order valence-corrected chi connectivity index (χ2v) is 6.85. The van der Waals surface area contributed by atoms with Crippen LogP contribution in [-0.4, -0.2) is 45.6 Å². The quantitative estimate of drug-likeness (QED) is 0.612. The van der Waals surface area contributed by atoms with Crippen molar-refractivity contribution in [2.24, 2.45) is 0 Å². The SMILES string of the molecule is CC(C)(C)OC(=O)NCC(O)C(O)c1ccc(Br)cc1C(=O)O. The number of nitrogens with one attached hydrogen (secondary N) is 1. The summed E-state index contributed by atoms with van der Waals surface area (Å²) in [6, 6.07) is 4.28. The van der Waals surface area contributed by atoms with Gasteiger partial charge < -0.3 is 25.4 Å². The van der Waals surface area contributed by atoms with E-state index in [-0.39, 0.29) is 17.7 Å². The number of aliphatic hydroxyl groups excluding tert-OH is 2. The number of halogens is 1. The summed E-state index contributed by atoms with van der Waals surface area (Å²) in [5.41, 5.74) is -0.766. The molecule has 1 amide bonds. The second-order valence-electron chi connectivity index (χ2n) is 5.93. The molecule has 2 atom stereocenters. The van der Waals surface area contributed by atoms with Gasteiger partial charge in [-0.05, 0) is 38.5 Å². The number of carboxylic acids is 1. The van der Waals surface area contributed by atoms with Gasteiger partial charge in [0, 0.05) is 11.0 Å². The van der Waals surface area contributed by atoms with Gasteiger partial charge in [0.1, 0.15) is 17.8 Å². The Morgan fingerprint density at radius 3 is 2.43 bits per heavy atom. The number of carbonyl (C=O) groups excluding carboxylic acids is 1. The summed E-state index contributed by atoms with van der Waals surface area (Å²) in [5.74, 6) is -1.23. The van der Waals surface area contributed by atoms with Crippen molar-refractivity contribution in [3.8, 4) is 0 Å². The summed E-state index contributed by atoms with van der Waals surface area (Å²) in [7, 11) is 0. The zero-order valence-corrected chi connectivity index (χ0v) is 14.6. The van der Waals surface area contributed by atoms with Gasteiger partial charge in [0.05, 0.1) is 5.56 Å². The number of aromatic carboxylic acids is 1. The Morgan fingerprint density at radius 2 is 1.91 bits per heavy atom. The van der Waals surface area contributed by atoms with Crippen LogP contribution in [0.1, 0.15) is 42.8 Å². The third-order valence-corrected chi connectivity index (χ3v) is 3.28. The predicted molar refractivity (Wildman–Crippen MR) is 86.3 cm³/mol. The largest absolute Gasteiger partial charge is 0.478 e. The van der Waals surface area contributed by atoms with E-state index < -0.39 is 29.9 Å². The lowest BCUT2D eigenvalue weighted by Crippen LogP contribution is -2.39. The van der Waals surface area contributed by atoms with Gasteiger partial charge in [-0.1, -0.05) is 22.0 Å². The van der Waals surface area contributed by atoms with Crippen LogP contribution in [0.25, 0.3) is 0 Å². The molecule has 0 saturated heterocycles. The van der Waals surface area contributed by atoms with Crippen molar-refractivity contribution in [3.63, 3.8) is 0 Å². The minimum absolute atomic E-state index is 0.0548. The van der Waals surface area contributed by atoms with E-state index in [4.69, 9.17) is 9.84 Å². The van der Waals surface area contributed by atoms with Crippen molar-refractivity contribution in [2.45, 2.75) is 38.6 Å². The van der Waals surface area contributed by atoms with Crippen molar-refractivity contribution in [1.82, 2.24) is 5.32 Å². The van der Waals surface area contributed by atoms with Crippen molar-refractivity contribution in [1.29, 1.82) is 0 Å². The Labute approximate surface area is 142 Å². The Kier molecular flexibility index (Phi) is 6.55. The van der Waals surface area contributed by atoms with E-state index in [1.807, 2.05) is 0 Å². The number of ether oxygens (including phenoxy) is 1. The lowest BCUT2D eigenvalue weighted by atomic mass is 9.98. The van der Waals surface area contributed by atoms with E-state index in [9.17, 15) is 19.8 Å². The zero-order valence-electron chi connectivity index (χ0n) is 13.0. The monoisotopic (exact) mass is 389 g/mol. The molecule has 8 heteroatoms. The number of hydrogen-bond acceptors (Lipinski definition) is 5. The minimum atomic E-state index is -1.47. The molecule has 7 nitrogen and oxygen atoms in total. The summed E-state index contributed by atoms with van der Waals surface area (Å²) < 4.78 is 5.54. The first-order chi connectivity index (χ1) is 10.5. The predicted octanol–water partition coefficient (Wildman–Crippen LogP) is 2.07. The van der Waals surface area contributed by atoms with Crippen LogP contribution in [0.3, 0.4) is 0 Å². The van der Waals surface area contributed by atoms with Gasteiger partial charge in [-0.2, -0.15) is 0 Å². The van der Waals surface area contributed by atoms with Crippen molar-refractivity contribution < 1.29 is 29.6 Å². The second kappa shape index (κ2) is 7.76. The third-order valence-electron chi connectivity index (χ3n) is 2.78. The van der Waals surface area contributed by atoms with Gasteiger partial charge in [0.15, 0.2) is 0 Å². The molecule has 23 heavy (non-hydrogen) atoms. The molecule has 0 radical (unpaired) electrons. The van der Waals surface area contributed by atoms with Crippen molar-refractivity contribution >= 4 is 28.0 Å². The van der Waals surface area contributed by atoms with Crippen molar-refractivity contribution in [2.75, 3.05) is 6.54 Å². The lowest BCUT2D eigenvalue weighted by Gasteiger charge is -2.23. The Bertz CT molecular complexity index is 584. The number of rotatable bonds is 5. The molecule has 0 saturated carbocycles. The van der Waals surface area contributed by atoms with Crippen LogP contribution in [0.2, 0.25) is 0 Å². The number of aliphatic hydroxyl groups is 2. The maximum atomic E-state index is 11.5. The highest BCUT2D eigenvalue weighted by atomic mass is 79.9. The molecule has 1 aromatic rings. The first kappa shape index (κ1) is 19.4. The molecular weight excluding hydrogens is 370 g/mol. The van der Waals surface area contributed by atoms with Crippen LogP contribution >= 0.6 is 15.9 Å². The highest BCUT2D eigenvalue weighted by Crippen LogP contribution is 2.24. The molecule has 0 aliphatic heterocycles. The molecule has 128 valence electrons. The van der Waals surface area contributed by atoms with Crippen LogP contribution in [0.5, 0.6) is 0 Å². The van der Waals surface area contributed by atoms with Gasteiger partial charge in [0.2, 0.25) is 0 Å². The van der Waals surface area contributed by atoms with Gasteiger partial charge in [-0.3, -0.25) is 0 Å². The molecular formula is C15H20BrNO6. The number of benzene rings is 1. The summed E-state index contributed by atoms with van der Waals surface area (Å²) in [4.78, 5) is 22.7. The molecule has 0 heterocycles. The highest BCUT2D eigenvalue weighted by molar-refractivity contribution is 9.10. The Hall–Kier alpha value is -1.64. The maximum Gasteiger partial charge on any atom is 0.407 e. The number of alkyl carbamates (subject to hydrolysis) is 1. The standard InChI is InChI=1S/C15H20BrNO6/c1-15(2,3)23-14(22)17-7-11(18)12(19)9-5-4-8(16)6-10(9)13(20)21/h4-6,11-12,18-19H,7H2,1-3H3,(H,17,22)(H,20,21). The first-order valence-electron chi connectivity index (χ1n) is 6.87. The summed E-state index contributed by atoms with van der Waals surface area (Å²) >= 11 is 3.15. The van der Waals surface area contributed by atoms with E-state index in [0.29, 0.717) is 4.47 Å². The molecule has 0 fully saturated rings. The van der Waals surface area contributed by atoms with E-state index in [1.54, 1.807) is 26.8 Å². The number of carbonyl (C=O) groups is 2. The molecule has 0 aliphatic carbocycles. The van der Waals surface area contributed by atoms with Gasteiger partial charge in [0.25, 0.3) is 0 Å². The van der Waals surface area contributed by atoms with Crippen molar-refractivity contribution in [3.05, 3.63) is 33.8 Å². The summed E-state index contributed by atoms with van der Waals surface area (Å²) in [6.07, 6.45) is -3.59. The minimum Gasteiger partial charge on any atom is -0.478 e. The number of amides is 1. The molecule has 0 bridgehead atoms. The van der Waals surface area contributed by atoms with E-state index in [1.165, 1.54) is 12.1 Å². The average molecular weight is 390 g/mol.